The fraction of sp³-hybridized carbons (Fsp3) is 0.174. The summed E-state index contributed by atoms with van der Waals surface area (Å²) in [6, 6.07) is 17.2. The maximum atomic E-state index is 13.0. The molecule has 0 radical (unpaired) electrons. The van der Waals surface area contributed by atoms with Gasteiger partial charge in [0, 0.05) is 24.7 Å². The molecule has 0 bridgehead atoms. The number of benzene rings is 2. The number of ether oxygens (including phenoxy) is 1. The van der Waals surface area contributed by atoms with Crippen molar-refractivity contribution in [1.82, 2.24) is 4.98 Å². The van der Waals surface area contributed by atoms with Crippen molar-refractivity contribution in [3.05, 3.63) is 82.9 Å². The van der Waals surface area contributed by atoms with Crippen LogP contribution in [0.15, 0.2) is 70.6 Å². The molecule has 1 aliphatic heterocycles. The fourth-order valence-electron chi connectivity index (χ4n) is 3.25. The normalized spacial score (nSPS) is 14.1. The van der Waals surface area contributed by atoms with Crippen LogP contribution in [-0.2, 0) is 12.2 Å². The lowest BCUT2D eigenvalue weighted by Gasteiger charge is -2.24. The second-order valence-corrected chi connectivity index (χ2v) is 7.19. The summed E-state index contributed by atoms with van der Waals surface area (Å²) in [5, 5.41) is 3.81. The van der Waals surface area contributed by atoms with Gasteiger partial charge in [0.05, 0.1) is 5.69 Å². The molecule has 0 fully saturated rings. The van der Waals surface area contributed by atoms with E-state index in [4.69, 9.17) is 16.3 Å². The van der Waals surface area contributed by atoms with Crippen molar-refractivity contribution in [1.29, 1.82) is 0 Å². The summed E-state index contributed by atoms with van der Waals surface area (Å²) in [6.45, 7) is 2.57. The largest absolute Gasteiger partial charge is 0.457 e. The molecule has 1 N–H and O–H groups in total. The van der Waals surface area contributed by atoms with Crippen molar-refractivity contribution in [2.75, 3.05) is 5.32 Å². The van der Waals surface area contributed by atoms with Gasteiger partial charge in [-0.3, -0.25) is 9.98 Å². The molecule has 0 amide bonds. The van der Waals surface area contributed by atoms with Crippen LogP contribution in [0.25, 0.3) is 0 Å². The number of aromatic nitrogens is 1. The number of rotatable bonds is 7. The molecule has 4 rings (SSSR count). The van der Waals surface area contributed by atoms with Crippen LogP contribution < -0.4 is 10.1 Å². The van der Waals surface area contributed by atoms with E-state index < -0.39 is 5.66 Å². The zero-order chi connectivity index (χ0) is 21.0. The van der Waals surface area contributed by atoms with Crippen LogP contribution >= 0.6 is 11.6 Å². The molecule has 7 heteroatoms. The minimum absolute atomic E-state index is 0.295. The number of nitrogens with one attached hydrogen (secondary N) is 1. The first kappa shape index (κ1) is 20.0. The van der Waals surface area contributed by atoms with Gasteiger partial charge in [0.1, 0.15) is 22.5 Å². The summed E-state index contributed by atoms with van der Waals surface area (Å²) in [5.74, 6) is 0.953. The monoisotopic (exact) mass is 422 g/mol. The summed E-state index contributed by atoms with van der Waals surface area (Å²) in [6.07, 6.45) is 4.09. The van der Waals surface area contributed by atoms with Gasteiger partial charge in [-0.15, -0.1) is 0 Å². The van der Waals surface area contributed by atoms with E-state index in [0.29, 0.717) is 29.6 Å². The highest BCUT2D eigenvalue weighted by Gasteiger charge is 2.34. The Morgan fingerprint density at radius 3 is 2.20 bits per heavy atom. The molecule has 0 aliphatic carbocycles. The molecule has 0 saturated heterocycles. The Balaban J connectivity index is 1.47. The molecule has 1 aliphatic rings. The number of halogens is 2. The van der Waals surface area contributed by atoms with Crippen molar-refractivity contribution in [3.63, 3.8) is 0 Å². The summed E-state index contributed by atoms with van der Waals surface area (Å²) in [5.41, 5.74) is 1.94. The van der Waals surface area contributed by atoms with Crippen molar-refractivity contribution in [2.24, 2.45) is 9.98 Å². The topological polar surface area (TPSA) is 58.9 Å². The third kappa shape index (κ3) is 4.33. The van der Waals surface area contributed by atoms with E-state index >= 15 is 0 Å². The van der Waals surface area contributed by atoms with Crippen LogP contribution in [0.3, 0.4) is 0 Å². The molecular weight excluding hydrogens is 403 g/mol. The van der Waals surface area contributed by atoms with E-state index in [9.17, 15) is 4.39 Å². The molecule has 2 heterocycles. The molecule has 1 aromatic heterocycles. The molecule has 0 saturated carbocycles. The van der Waals surface area contributed by atoms with Gasteiger partial charge in [-0.25, -0.2) is 9.37 Å². The number of nitrogens with zero attached hydrogens (tertiary/aromatic N) is 3. The summed E-state index contributed by atoms with van der Waals surface area (Å²) >= 11 is 6.15. The average molecular weight is 423 g/mol. The lowest BCUT2D eigenvalue weighted by Crippen LogP contribution is -2.23. The molecule has 0 spiro atoms. The quantitative estimate of drug-likeness (QED) is 0.475. The van der Waals surface area contributed by atoms with Gasteiger partial charge < -0.3 is 10.1 Å². The van der Waals surface area contributed by atoms with Gasteiger partial charge in [0.25, 0.3) is 0 Å². The van der Waals surface area contributed by atoms with Crippen molar-refractivity contribution < 1.29 is 9.13 Å². The molecular formula is C23H20ClFN4O. The van der Waals surface area contributed by atoms with Crippen LogP contribution in [0.1, 0.15) is 24.6 Å². The van der Waals surface area contributed by atoms with Crippen LogP contribution in [0.2, 0.25) is 5.15 Å². The zero-order valence-corrected chi connectivity index (χ0v) is 17.1. The summed E-state index contributed by atoms with van der Waals surface area (Å²) < 4.78 is 18.7. The van der Waals surface area contributed by atoms with Gasteiger partial charge in [-0.2, -0.15) is 0 Å². The molecule has 0 unspecified atom stereocenters. The Hall–Kier alpha value is -3.25. The van der Waals surface area contributed by atoms with Crippen molar-refractivity contribution in [3.8, 4) is 11.5 Å². The Morgan fingerprint density at radius 2 is 1.57 bits per heavy atom. The van der Waals surface area contributed by atoms with E-state index in [1.54, 1.807) is 30.6 Å². The SMILES string of the molecule is CCC1(c2nc(Cl)ccc2CNc2ccc(Oc3ccc(F)cc3)cc2)N=CC=N1. The van der Waals surface area contributed by atoms with Crippen LogP contribution in [0, 0.1) is 5.82 Å². The lowest BCUT2D eigenvalue weighted by molar-refractivity contribution is 0.449. The van der Waals surface area contributed by atoms with E-state index in [0.717, 1.165) is 16.9 Å². The second kappa shape index (κ2) is 8.63. The van der Waals surface area contributed by atoms with Gasteiger partial charge >= 0.3 is 0 Å². The van der Waals surface area contributed by atoms with E-state index in [1.807, 2.05) is 37.3 Å². The summed E-state index contributed by atoms with van der Waals surface area (Å²) in [4.78, 5) is 13.6. The maximum absolute atomic E-state index is 13.0. The zero-order valence-electron chi connectivity index (χ0n) is 16.3. The Kier molecular flexibility index (Phi) is 5.77. The molecule has 30 heavy (non-hydrogen) atoms. The smallest absolute Gasteiger partial charge is 0.192 e. The fourth-order valence-corrected chi connectivity index (χ4v) is 3.40. The molecule has 3 aromatic rings. The third-order valence-corrected chi connectivity index (χ3v) is 5.06. The summed E-state index contributed by atoms with van der Waals surface area (Å²) in [7, 11) is 0. The van der Waals surface area contributed by atoms with Gasteiger partial charge in [0.2, 0.25) is 0 Å². The molecule has 5 nitrogen and oxygen atoms in total. The highest BCUT2D eigenvalue weighted by atomic mass is 35.5. The number of anilines is 1. The Morgan fingerprint density at radius 1 is 0.933 bits per heavy atom. The van der Waals surface area contributed by atoms with E-state index in [1.165, 1.54) is 12.1 Å². The highest BCUT2D eigenvalue weighted by molar-refractivity contribution is 6.29. The predicted molar refractivity (Wildman–Crippen MR) is 118 cm³/mol. The molecule has 0 atom stereocenters. The number of hydrogen-bond donors (Lipinski definition) is 1. The molecule has 152 valence electrons. The molecule has 2 aromatic carbocycles. The maximum Gasteiger partial charge on any atom is 0.192 e. The Bertz CT molecular complexity index is 1070. The van der Waals surface area contributed by atoms with Gasteiger partial charge in [-0.1, -0.05) is 24.6 Å². The number of pyridine rings is 1. The van der Waals surface area contributed by atoms with Crippen LogP contribution in [0.5, 0.6) is 11.5 Å². The van der Waals surface area contributed by atoms with Crippen molar-refractivity contribution >= 4 is 29.7 Å². The number of hydrogen-bond acceptors (Lipinski definition) is 5. The first-order valence-corrected chi connectivity index (χ1v) is 9.98. The second-order valence-electron chi connectivity index (χ2n) is 6.80. The number of aliphatic imine (C=N–C) groups is 2. The van der Waals surface area contributed by atoms with E-state index in [2.05, 4.69) is 20.3 Å². The lowest BCUT2D eigenvalue weighted by atomic mass is 9.99. The van der Waals surface area contributed by atoms with Crippen LogP contribution in [-0.4, -0.2) is 17.4 Å². The van der Waals surface area contributed by atoms with Gasteiger partial charge in [-0.05, 0) is 66.6 Å². The van der Waals surface area contributed by atoms with E-state index in [-0.39, 0.29) is 5.82 Å². The van der Waals surface area contributed by atoms with Gasteiger partial charge in [0.15, 0.2) is 5.66 Å². The standard InChI is InChI=1S/C23H20ClFN4O/c1-2-23(27-13-14-28-23)22-16(3-12-21(24)29-22)15-26-18-6-10-20(11-7-18)30-19-8-4-17(25)5-9-19/h3-14,26H,2,15H2,1H3. The predicted octanol–water partition coefficient (Wildman–Crippen LogP) is 6.00. The minimum atomic E-state index is -0.714. The van der Waals surface area contributed by atoms with Crippen molar-refractivity contribution in [2.45, 2.75) is 25.6 Å². The average Bonchev–Trinajstić information content (AvgIpc) is 3.26. The first-order valence-electron chi connectivity index (χ1n) is 9.60. The Labute approximate surface area is 179 Å². The van der Waals surface area contributed by atoms with Crippen LogP contribution in [0.4, 0.5) is 10.1 Å². The highest BCUT2D eigenvalue weighted by Crippen LogP contribution is 2.35. The third-order valence-electron chi connectivity index (χ3n) is 4.85. The first-order chi connectivity index (χ1) is 14.6. The minimum Gasteiger partial charge on any atom is -0.457 e.